The summed E-state index contributed by atoms with van der Waals surface area (Å²) in [6.07, 6.45) is 0. The van der Waals surface area contributed by atoms with Crippen LogP contribution in [0.4, 0.5) is 0 Å². The van der Waals surface area contributed by atoms with Gasteiger partial charge in [-0.15, -0.1) is 0 Å². The predicted octanol–water partition coefficient (Wildman–Crippen LogP) is 18.6. The summed E-state index contributed by atoms with van der Waals surface area (Å²) >= 11 is 0. The van der Waals surface area contributed by atoms with E-state index in [1.165, 1.54) is 11.1 Å². The molecule has 5 aliphatic carbocycles. The van der Waals surface area contributed by atoms with Crippen LogP contribution >= 0.6 is 0 Å². The van der Waals surface area contributed by atoms with Crippen LogP contribution in [0.2, 0.25) is 0 Å². The van der Waals surface area contributed by atoms with Crippen molar-refractivity contribution in [3.05, 3.63) is 68.8 Å². The van der Waals surface area contributed by atoms with Gasteiger partial charge in [0.2, 0.25) is 0 Å². The smallest absolute Gasteiger partial charge is 0.101 e. The van der Waals surface area contributed by atoms with E-state index in [4.69, 9.17) is 0 Å². The van der Waals surface area contributed by atoms with E-state index in [0.717, 1.165) is 10.8 Å². The molecule has 74 heavy (non-hydrogen) atoms. The van der Waals surface area contributed by atoms with Crippen molar-refractivity contribution in [2.45, 2.75) is 10.8 Å². The van der Waals surface area contributed by atoms with E-state index in [9.17, 15) is 10.5 Å². The Bertz CT molecular complexity index is 7400. The lowest BCUT2D eigenvalue weighted by atomic mass is 9.36. The zero-order chi connectivity index (χ0) is 44.2. The first kappa shape index (κ1) is 27.1. The Morgan fingerprint density at radius 3 is 0.459 bits per heavy atom. The standard InChI is InChI=1S/C72H4N2/c73-5-9-1-7-3-11-12(4-8(7)2-10(9)6-74)72-69-61-53-43-33-25-17-14-13-15-19-21(17)29-35-27(19)37-31-23(15)24-16(13)20-22-18(14)26(25)34-40-30(22)36-28(20)38-32(24)42-41(31)51-45(37)55-49(35)57(47(53)39(29)33)65(69)63(55)67-59(51)60-52(42)46(38)56-50(36)58-48(40)54(44(34)43)62(61)70(72)66(58)64(56)68(60)71(11,67)72/h1-4H. The molecule has 30 aromatic rings. The third-order valence-corrected chi connectivity index (χ3v) is 26.5. The van der Waals surface area contributed by atoms with Gasteiger partial charge in [-0.05, 0) is 359 Å². The van der Waals surface area contributed by atoms with Crippen molar-refractivity contribution in [1.29, 1.82) is 10.5 Å². The van der Waals surface area contributed by atoms with Gasteiger partial charge in [-0.3, -0.25) is 0 Å². The van der Waals surface area contributed by atoms with Gasteiger partial charge in [-0.25, -0.2) is 0 Å². The minimum absolute atomic E-state index is 0.456. The first-order valence-corrected chi connectivity index (χ1v) is 27.0. The largest absolute Gasteiger partial charge is 0.192 e. The number of hydrogen-bond donors (Lipinski definition) is 0. The monoisotopic (exact) mass is 896 g/mol. The van der Waals surface area contributed by atoms with E-state index in [1.54, 1.807) is 313 Å². The van der Waals surface area contributed by atoms with Gasteiger partial charge in [0.05, 0.1) is 22.0 Å². The minimum Gasteiger partial charge on any atom is -0.192 e. The first-order chi connectivity index (χ1) is 36.8. The highest BCUT2D eigenvalue weighted by Crippen LogP contribution is 2.88. The number of fused-ring (bicyclic) bond motifs is 2. The van der Waals surface area contributed by atoms with Crippen molar-refractivity contribution in [3.63, 3.8) is 0 Å². The fraction of sp³-hybridized carbons (Fsp3) is 0.0278. The van der Waals surface area contributed by atoms with Gasteiger partial charge < -0.3 is 0 Å². The number of hydrogen-bond acceptors (Lipinski definition) is 2. The van der Waals surface area contributed by atoms with Crippen molar-refractivity contribution in [2.24, 2.45) is 0 Å². The summed E-state index contributed by atoms with van der Waals surface area (Å²) in [5.74, 6) is 0. The van der Waals surface area contributed by atoms with Gasteiger partial charge in [0.25, 0.3) is 0 Å². The van der Waals surface area contributed by atoms with Crippen LogP contribution in [0.15, 0.2) is 24.3 Å². The molecule has 2 heteroatoms. The van der Waals surface area contributed by atoms with Gasteiger partial charge in [0, 0.05) is 0 Å². The molecule has 30 aromatic carbocycles. The van der Waals surface area contributed by atoms with E-state index in [1.807, 2.05) is 0 Å². The van der Waals surface area contributed by atoms with Gasteiger partial charge in [-0.1, -0.05) is 0 Å². The second kappa shape index (κ2) is 6.09. The third-order valence-electron chi connectivity index (χ3n) is 26.5. The quantitative estimate of drug-likeness (QED) is 0.142. The molecule has 0 fully saturated rings. The summed E-state index contributed by atoms with van der Waals surface area (Å²) in [4.78, 5) is 0. The molecule has 0 heterocycles. The average molecular weight is 897 g/mol. The number of nitrogens with zero attached hydrogens (tertiary/aromatic N) is 2. The Balaban J connectivity index is 1.13. The highest BCUT2D eigenvalue weighted by Gasteiger charge is 2.76. The van der Waals surface area contributed by atoms with Crippen LogP contribution in [0.25, 0.3) is 302 Å². The molecular formula is C72H4N2. The summed E-state index contributed by atoms with van der Waals surface area (Å²) < 4.78 is 0. The molecule has 0 radical (unpaired) electrons. The highest BCUT2D eigenvalue weighted by atomic mass is 14.8. The molecule has 0 amide bonds. The van der Waals surface area contributed by atoms with E-state index in [-0.39, 0.29) is 0 Å². The van der Waals surface area contributed by atoms with E-state index >= 15 is 0 Å². The molecule has 0 N–H and O–H groups in total. The summed E-state index contributed by atoms with van der Waals surface area (Å²) in [5, 5.41) is 110. The number of benzene rings is 20. The Labute approximate surface area is 401 Å². The molecule has 0 aromatic heterocycles. The van der Waals surface area contributed by atoms with Crippen molar-refractivity contribution in [1.82, 2.24) is 0 Å². The summed E-state index contributed by atoms with van der Waals surface area (Å²) in [5.41, 5.74) is 9.57. The number of rotatable bonds is 0. The zero-order valence-corrected chi connectivity index (χ0v) is 37.2. The molecular weight excluding hydrogens is 893 g/mol. The van der Waals surface area contributed by atoms with Gasteiger partial charge in [0.15, 0.2) is 0 Å². The topological polar surface area (TPSA) is 47.6 Å². The molecule has 302 valence electrons. The van der Waals surface area contributed by atoms with Crippen LogP contribution in [0.5, 0.6) is 0 Å². The number of nitriles is 2. The van der Waals surface area contributed by atoms with Crippen molar-refractivity contribution in [3.8, 4) is 12.1 Å². The molecule has 0 saturated heterocycles. The van der Waals surface area contributed by atoms with Crippen LogP contribution in [-0.4, -0.2) is 0 Å². The summed E-state index contributed by atoms with van der Waals surface area (Å²) in [6, 6.07) is 14.2. The van der Waals surface area contributed by atoms with Gasteiger partial charge in [0.1, 0.15) is 12.1 Å². The molecule has 35 rings (SSSR count). The molecule has 0 unspecified atom stereocenters. The van der Waals surface area contributed by atoms with Crippen LogP contribution in [0, 0.1) is 22.7 Å². The van der Waals surface area contributed by atoms with Crippen LogP contribution in [0.3, 0.4) is 0 Å². The fourth-order valence-electron chi connectivity index (χ4n) is 26.3. The Morgan fingerprint density at radius 1 is 0.189 bits per heavy atom. The summed E-state index contributed by atoms with van der Waals surface area (Å²) in [7, 11) is 0. The third kappa shape index (κ3) is 1.40. The maximum Gasteiger partial charge on any atom is 0.101 e. The van der Waals surface area contributed by atoms with Crippen LogP contribution < -0.4 is 0 Å². The Kier molecular flexibility index (Phi) is 2.23. The Morgan fingerprint density at radius 2 is 0.324 bits per heavy atom. The van der Waals surface area contributed by atoms with Crippen molar-refractivity contribution < 1.29 is 0 Å². The predicted molar refractivity (Wildman–Crippen MR) is 305 cm³/mol. The van der Waals surface area contributed by atoms with E-state index in [2.05, 4.69) is 36.4 Å². The SMILES string of the molecule is N#Cc1cc2cc3c(cc2cc1C#N)C12c4c5c6c7c8c9c(c%10c%11c1c1c4c4c%12c5c5c6c6c8c8c%13c9c9c%10c%10c%11c%11c1c1c4c4c%12c%12c5c5c6c8c6c8c%13c9c9c%10c%10c%11c1c1c4c4c%12c5c6c5c8c9c%10c1c45)C372. The second-order valence-electron chi connectivity index (χ2n) is 26.6. The maximum atomic E-state index is 10.6. The Hall–Kier alpha value is -9.86. The second-order valence-corrected chi connectivity index (χ2v) is 26.6. The average Bonchev–Trinajstić information content (AvgIpc) is 4.40. The molecule has 0 atom stereocenters. The van der Waals surface area contributed by atoms with Crippen LogP contribution in [0.1, 0.15) is 44.5 Å². The van der Waals surface area contributed by atoms with Crippen molar-refractivity contribution >= 4 is 302 Å². The fourth-order valence-corrected chi connectivity index (χ4v) is 26.3. The lowest BCUT2D eigenvalue weighted by molar-refractivity contribution is 0.374. The molecule has 2 nitrogen and oxygen atoms in total. The molecule has 2 spiro atoms. The zero-order valence-electron chi connectivity index (χ0n) is 37.2. The lowest BCUT2D eigenvalue weighted by Crippen LogP contribution is -2.61. The maximum absolute atomic E-state index is 10.6. The van der Waals surface area contributed by atoms with Gasteiger partial charge >= 0.3 is 0 Å². The minimum atomic E-state index is -0.456. The molecule has 0 saturated carbocycles. The normalized spacial score (nSPS) is 21.3. The van der Waals surface area contributed by atoms with E-state index < -0.39 is 10.8 Å². The van der Waals surface area contributed by atoms with Gasteiger partial charge in [-0.2, -0.15) is 10.5 Å². The molecule has 0 aliphatic heterocycles. The molecule has 5 aliphatic rings. The first-order valence-electron chi connectivity index (χ1n) is 27.0. The highest BCUT2D eigenvalue weighted by molar-refractivity contribution is 6.82. The van der Waals surface area contributed by atoms with E-state index in [0.29, 0.717) is 11.1 Å². The van der Waals surface area contributed by atoms with Crippen LogP contribution in [-0.2, 0) is 10.8 Å². The lowest BCUT2D eigenvalue weighted by Gasteiger charge is -2.63. The van der Waals surface area contributed by atoms with Crippen molar-refractivity contribution in [2.75, 3.05) is 0 Å². The summed E-state index contributed by atoms with van der Waals surface area (Å²) in [6.45, 7) is 0. The molecule has 0 bridgehead atoms.